The SMILES string of the molecule is CCCCCCCCC/C=C\CCCCCCCC(=O)OC(COC(=O)CCCCCCCC)COC(=O)CCCCCCCCCCCCCCCCCCCCCC. The number of carbonyl (C=O) groups excluding carboxylic acids is 3. The third kappa shape index (κ3) is 47.2. The standard InChI is InChI=1S/C54H102O6/c1-4-7-10-13-16-18-20-22-24-26-27-28-29-31-32-34-36-38-41-44-47-53(56)59-50-51(49-58-52(55)46-43-40-15-12-9-6-3)60-54(57)48-45-42-39-37-35-33-30-25-23-21-19-17-14-11-8-5-2/h25,30,51H,4-24,26-29,31-50H2,1-3H3/b30-25-. The van der Waals surface area contributed by atoms with Gasteiger partial charge >= 0.3 is 17.9 Å². The van der Waals surface area contributed by atoms with Gasteiger partial charge in [-0.1, -0.05) is 245 Å². The number of carbonyl (C=O) groups is 3. The summed E-state index contributed by atoms with van der Waals surface area (Å²) in [6, 6.07) is 0. The van der Waals surface area contributed by atoms with Gasteiger partial charge in [0.2, 0.25) is 0 Å². The molecule has 0 aliphatic rings. The molecule has 0 saturated carbocycles. The van der Waals surface area contributed by atoms with E-state index in [1.165, 1.54) is 193 Å². The summed E-state index contributed by atoms with van der Waals surface area (Å²) in [6.07, 6.45) is 55.1. The van der Waals surface area contributed by atoms with Crippen molar-refractivity contribution in [1.29, 1.82) is 0 Å². The lowest BCUT2D eigenvalue weighted by Gasteiger charge is -2.18. The van der Waals surface area contributed by atoms with Gasteiger partial charge in [-0.25, -0.2) is 0 Å². The maximum absolute atomic E-state index is 12.7. The number of unbranched alkanes of at least 4 members (excludes halogenated alkanes) is 36. The van der Waals surface area contributed by atoms with E-state index in [0.29, 0.717) is 19.3 Å². The molecule has 0 aliphatic carbocycles. The zero-order valence-corrected chi connectivity index (χ0v) is 40.5. The molecule has 6 nitrogen and oxygen atoms in total. The summed E-state index contributed by atoms with van der Waals surface area (Å²) in [5.74, 6) is -0.871. The second-order valence-corrected chi connectivity index (χ2v) is 18.2. The molecule has 0 heterocycles. The van der Waals surface area contributed by atoms with Crippen molar-refractivity contribution in [1.82, 2.24) is 0 Å². The molecule has 0 N–H and O–H groups in total. The highest BCUT2D eigenvalue weighted by molar-refractivity contribution is 5.71. The van der Waals surface area contributed by atoms with E-state index in [-0.39, 0.29) is 31.1 Å². The molecule has 0 bridgehead atoms. The van der Waals surface area contributed by atoms with Crippen molar-refractivity contribution in [3.05, 3.63) is 12.2 Å². The number of rotatable bonds is 49. The zero-order valence-electron chi connectivity index (χ0n) is 40.5. The van der Waals surface area contributed by atoms with E-state index in [1.54, 1.807) is 0 Å². The van der Waals surface area contributed by atoms with Crippen LogP contribution in [-0.4, -0.2) is 37.2 Å². The fourth-order valence-corrected chi connectivity index (χ4v) is 7.97. The first kappa shape index (κ1) is 58.1. The Morgan fingerprint density at radius 1 is 0.317 bits per heavy atom. The Kier molecular flexibility index (Phi) is 48.3. The van der Waals surface area contributed by atoms with Gasteiger partial charge < -0.3 is 14.2 Å². The first-order valence-electron chi connectivity index (χ1n) is 26.7. The molecule has 1 atom stereocenters. The highest BCUT2D eigenvalue weighted by Gasteiger charge is 2.19. The van der Waals surface area contributed by atoms with Crippen LogP contribution in [0.5, 0.6) is 0 Å². The molecule has 0 radical (unpaired) electrons. The molecule has 354 valence electrons. The minimum Gasteiger partial charge on any atom is -0.462 e. The van der Waals surface area contributed by atoms with Gasteiger partial charge in [-0.15, -0.1) is 0 Å². The van der Waals surface area contributed by atoms with E-state index in [2.05, 4.69) is 32.9 Å². The third-order valence-corrected chi connectivity index (χ3v) is 12.0. The molecular formula is C54H102O6. The van der Waals surface area contributed by atoms with Crippen LogP contribution in [0.1, 0.15) is 297 Å². The Balaban J connectivity index is 4.14. The van der Waals surface area contributed by atoms with Crippen LogP contribution in [-0.2, 0) is 28.6 Å². The average molecular weight is 847 g/mol. The van der Waals surface area contributed by atoms with E-state index in [1.807, 2.05) is 0 Å². The summed E-state index contributed by atoms with van der Waals surface area (Å²) in [5, 5.41) is 0. The van der Waals surface area contributed by atoms with E-state index in [9.17, 15) is 14.4 Å². The van der Waals surface area contributed by atoms with Crippen LogP contribution in [0.4, 0.5) is 0 Å². The lowest BCUT2D eigenvalue weighted by atomic mass is 10.0. The van der Waals surface area contributed by atoms with Gasteiger partial charge in [0.05, 0.1) is 0 Å². The van der Waals surface area contributed by atoms with Crippen LogP contribution in [0.15, 0.2) is 12.2 Å². The highest BCUT2D eigenvalue weighted by Crippen LogP contribution is 2.16. The maximum Gasteiger partial charge on any atom is 0.306 e. The summed E-state index contributed by atoms with van der Waals surface area (Å²) in [5.41, 5.74) is 0. The smallest absolute Gasteiger partial charge is 0.306 e. The van der Waals surface area contributed by atoms with E-state index in [0.717, 1.165) is 64.2 Å². The van der Waals surface area contributed by atoms with Crippen molar-refractivity contribution < 1.29 is 28.6 Å². The monoisotopic (exact) mass is 847 g/mol. The molecule has 0 aromatic rings. The first-order chi connectivity index (χ1) is 29.5. The summed E-state index contributed by atoms with van der Waals surface area (Å²) < 4.78 is 16.7. The van der Waals surface area contributed by atoms with Crippen LogP contribution < -0.4 is 0 Å². The fourth-order valence-electron chi connectivity index (χ4n) is 7.97. The summed E-state index contributed by atoms with van der Waals surface area (Å²) >= 11 is 0. The van der Waals surface area contributed by atoms with Crippen molar-refractivity contribution in [2.24, 2.45) is 0 Å². The molecule has 6 heteroatoms. The molecule has 0 fully saturated rings. The van der Waals surface area contributed by atoms with E-state index in [4.69, 9.17) is 14.2 Å². The quantitative estimate of drug-likeness (QED) is 0.0263. The van der Waals surface area contributed by atoms with Gasteiger partial charge in [-0.2, -0.15) is 0 Å². The largest absolute Gasteiger partial charge is 0.462 e. The van der Waals surface area contributed by atoms with Crippen LogP contribution in [0, 0.1) is 0 Å². The van der Waals surface area contributed by atoms with Gasteiger partial charge in [0, 0.05) is 19.3 Å². The molecule has 0 aliphatic heterocycles. The molecular weight excluding hydrogens is 745 g/mol. The summed E-state index contributed by atoms with van der Waals surface area (Å²) in [7, 11) is 0. The molecule has 0 aromatic carbocycles. The fraction of sp³-hybridized carbons (Fsp3) is 0.907. The average Bonchev–Trinajstić information content (AvgIpc) is 3.24. The topological polar surface area (TPSA) is 78.9 Å². The molecule has 0 saturated heterocycles. The Bertz CT molecular complexity index is 931. The summed E-state index contributed by atoms with van der Waals surface area (Å²) in [4.78, 5) is 37.7. The van der Waals surface area contributed by atoms with Crippen LogP contribution in [0.25, 0.3) is 0 Å². The first-order valence-corrected chi connectivity index (χ1v) is 26.7. The van der Waals surface area contributed by atoms with Gasteiger partial charge in [0.15, 0.2) is 6.10 Å². The Morgan fingerprint density at radius 3 is 0.833 bits per heavy atom. The van der Waals surface area contributed by atoms with Crippen molar-refractivity contribution >= 4 is 17.9 Å². The van der Waals surface area contributed by atoms with Gasteiger partial charge in [0.25, 0.3) is 0 Å². The zero-order chi connectivity index (χ0) is 43.7. The predicted molar refractivity (Wildman–Crippen MR) is 256 cm³/mol. The molecule has 0 amide bonds. The minimum absolute atomic E-state index is 0.0689. The Morgan fingerprint density at radius 2 is 0.550 bits per heavy atom. The molecule has 0 rings (SSSR count). The van der Waals surface area contributed by atoms with Crippen molar-refractivity contribution in [2.45, 2.75) is 303 Å². The molecule has 0 aromatic heterocycles. The Hall–Kier alpha value is -1.85. The number of allylic oxidation sites excluding steroid dienone is 2. The number of ether oxygens (including phenoxy) is 3. The lowest BCUT2D eigenvalue weighted by Crippen LogP contribution is -2.30. The van der Waals surface area contributed by atoms with Gasteiger partial charge in [0.1, 0.15) is 13.2 Å². The maximum atomic E-state index is 12.7. The predicted octanol–water partition coefficient (Wildman–Crippen LogP) is 17.4. The van der Waals surface area contributed by atoms with Crippen LogP contribution in [0.3, 0.4) is 0 Å². The number of esters is 3. The summed E-state index contributed by atoms with van der Waals surface area (Å²) in [6.45, 7) is 6.61. The minimum atomic E-state index is -0.766. The van der Waals surface area contributed by atoms with Crippen molar-refractivity contribution in [3.63, 3.8) is 0 Å². The molecule has 0 spiro atoms. The van der Waals surface area contributed by atoms with E-state index >= 15 is 0 Å². The van der Waals surface area contributed by atoms with Crippen LogP contribution in [0.2, 0.25) is 0 Å². The van der Waals surface area contributed by atoms with Crippen molar-refractivity contribution in [3.8, 4) is 0 Å². The molecule has 60 heavy (non-hydrogen) atoms. The Labute approximate surface area is 373 Å². The normalized spacial score (nSPS) is 12.0. The van der Waals surface area contributed by atoms with Crippen molar-refractivity contribution in [2.75, 3.05) is 13.2 Å². The van der Waals surface area contributed by atoms with Gasteiger partial charge in [-0.3, -0.25) is 14.4 Å². The number of hydrogen-bond acceptors (Lipinski definition) is 6. The molecule has 1 unspecified atom stereocenters. The second-order valence-electron chi connectivity index (χ2n) is 18.2. The highest BCUT2D eigenvalue weighted by atomic mass is 16.6. The third-order valence-electron chi connectivity index (χ3n) is 12.0. The van der Waals surface area contributed by atoms with E-state index < -0.39 is 6.10 Å². The van der Waals surface area contributed by atoms with Gasteiger partial charge in [-0.05, 0) is 44.9 Å². The number of hydrogen-bond donors (Lipinski definition) is 0. The van der Waals surface area contributed by atoms with Crippen LogP contribution >= 0.6 is 0 Å². The lowest BCUT2D eigenvalue weighted by molar-refractivity contribution is -0.167. The second kappa shape index (κ2) is 49.8.